The van der Waals surface area contributed by atoms with Crippen molar-refractivity contribution < 1.29 is 23.9 Å². The first kappa shape index (κ1) is 11.2. The van der Waals surface area contributed by atoms with Crippen LogP contribution in [-0.4, -0.2) is 24.5 Å². The number of carbonyl (C=O) groups is 3. The number of hydrogen-bond donors (Lipinski definition) is 0. The van der Waals surface area contributed by atoms with E-state index < -0.39 is 17.9 Å². The maximum absolute atomic E-state index is 11.2. The maximum atomic E-state index is 11.2. The Kier molecular flexibility index (Phi) is 3.79. The van der Waals surface area contributed by atoms with Gasteiger partial charge < -0.3 is 9.47 Å². The zero-order valence-corrected chi connectivity index (χ0v) is 8.19. The second-order valence-electron chi connectivity index (χ2n) is 2.72. The van der Waals surface area contributed by atoms with Gasteiger partial charge in [0.05, 0.1) is 6.61 Å². The fraction of sp³-hybridized carbons (Fsp3) is 0.300. The molecule has 0 aliphatic heterocycles. The van der Waals surface area contributed by atoms with Crippen LogP contribution in [0.25, 0.3) is 0 Å². The van der Waals surface area contributed by atoms with Crippen molar-refractivity contribution in [3.8, 4) is 0 Å². The van der Waals surface area contributed by atoms with Crippen LogP contribution in [0.15, 0.2) is 23.8 Å². The van der Waals surface area contributed by atoms with Crippen molar-refractivity contribution >= 4 is 17.9 Å². The molecular weight excluding hydrogens is 200 g/mol. The monoisotopic (exact) mass is 210 g/mol. The molecule has 0 saturated carbocycles. The minimum Gasteiger partial charge on any atom is -0.458 e. The molecule has 0 heterocycles. The van der Waals surface area contributed by atoms with Crippen molar-refractivity contribution in [2.75, 3.05) is 6.61 Å². The fourth-order valence-corrected chi connectivity index (χ4v) is 0.980. The maximum Gasteiger partial charge on any atom is 0.425 e. The third kappa shape index (κ3) is 3.05. The Morgan fingerprint density at radius 2 is 2.07 bits per heavy atom. The third-order valence-electron chi connectivity index (χ3n) is 1.66. The highest BCUT2D eigenvalue weighted by molar-refractivity contribution is 6.32. The van der Waals surface area contributed by atoms with Gasteiger partial charge in [0, 0.05) is 5.57 Å². The second kappa shape index (κ2) is 5.09. The number of hydrogen-bond acceptors (Lipinski definition) is 5. The molecular formula is C10H10O5. The molecule has 0 unspecified atom stereocenters. The van der Waals surface area contributed by atoms with Crippen LogP contribution in [0.4, 0.5) is 0 Å². The van der Waals surface area contributed by atoms with Crippen molar-refractivity contribution in [3.05, 3.63) is 23.8 Å². The van der Waals surface area contributed by atoms with E-state index in [4.69, 9.17) is 0 Å². The molecule has 0 aromatic rings. The molecule has 1 aliphatic rings. The minimum absolute atomic E-state index is 0.0619. The van der Waals surface area contributed by atoms with Crippen LogP contribution in [0, 0.1) is 0 Å². The second-order valence-corrected chi connectivity index (χ2v) is 2.72. The SMILES string of the molecule is CCOC(=O)C(=O)OC(=O)C1=CC=CC1. The van der Waals surface area contributed by atoms with Gasteiger partial charge in [0.2, 0.25) is 0 Å². The van der Waals surface area contributed by atoms with Gasteiger partial charge in [0.1, 0.15) is 0 Å². The van der Waals surface area contributed by atoms with Gasteiger partial charge in [-0.25, -0.2) is 14.4 Å². The number of rotatable bonds is 2. The first-order valence-electron chi connectivity index (χ1n) is 4.44. The average molecular weight is 210 g/mol. The van der Waals surface area contributed by atoms with Crippen molar-refractivity contribution in [1.82, 2.24) is 0 Å². The molecule has 0 aromatic carbocycles. The van der Waals surface area contributed by atoms with E-state index in [1.807, 2.05) is 0 Å². The van der Waals surface area contributed by atoms with Gasteiger partial charge in [-0.15, -0.1) is 0 Å². The Hall–Kier alpha value is -1.91. The quantitative estimate of drug-likeness (QED) is 0.377. The van der Waals surface area contributed by atoms with Crippen LogP contribution >= 0.6 is 0 Å². The van der Waals surface area contributed by atoms with Crippen LogP contribution in [0.2, 0.25) is 0 Å². The van der Waals surface area contributed by atoms with Crippen LogP contribution < -0.4 is 0 Å². The molecule has 0 N–H and O–H groups in total. The van der Waals surface area contributed by atoms with E-state index in [0.717, 1.165) is 0 Å². The van der Waals surface area contributed by atoms with Gasteiger partial charge in [0.15, 0.2) is 0 Å². The molecule has 80 valence electrons. The van der Waals surface area contributed by atoms with E-state index >= 15 is 0 Å². The molecule has 0 radical (unpaired) electrons. The number of esters is 3. The van der Waals surface area contributed by atoms with Crippen molar-refractivity contribution in [2.45, 2.75) is 13.3 Å². The van der Waals surface area contributed by atoms with Gasteiger partial charge in [-0.2, -0.15) is 0 Å². The van der Waals surface area contributed by atoms with Gasteiger partial charge in [-0.3, -0.25) is 0 Å². The molecule has 5 heteroatoms. The zero-order chi connectivity index (χ0) is 11.3. The van der Waals surface area contributed by atoms with E-state index in [0.29, 0.717) is 12.0 Å². The zero-order valence-electron chi connectivity index (χ0n) is 8.19. The Morgan fingerprint density at radius 1 is 1.33 bits per heavy atom. The van der Waals surface area contributed by atoms with Crippen molar-refractivity contribution in [2.24, 2.45) is 0 Å². The molecule has 0 aromatic heterocycles. The fourth-order valence-electron chi connectivity index (χ4n) is 0.980. The Morgan fingerprint density at radius 3 is 2.60 bits per heavy atom. The minimum atomic E-state index is -1.28. The van der Waals surface area contributed by atoms with Crippen LogP contribution in [0.5, 0.6) is 0 Å². The molecule has 0 amide bonds. The van der Waals surface area contributed by atoms with Gasteiger partial charge in [-0.05, 0) is 13.3 Å². The van der Waals surface area contributed by atoms with Crippen LogP contribution in [0.3, 0.4) is 0 Å². The summed E-state index contributed by atoms with van der Waals surface area (Å²) in [5.74, 6) is -3.25. The standard InChI is InChI=1S/C10H10O5/c1-2-14-9(12)10(13)15-8(11)7-5-3-4-6-7/h3-5H,2,6H2,1H3. The first-order chi connectivity index (χ1) is 7.15. The summed E-state index contributed by atoms with van der Waals surface area (Å²) in [6, 6.07) is 0. The van der Waals surface area contributed by atoms with E-state index in [9.17, 15) is 14.4 Å². The predicted molar refractivity (Wildman–Crippen MR) is 49.6 cm³/mol. The third-order valence-corrected chi connectivity index (χ3v) is 1.66. The molecule has 15 heavy (non-hydrogen) atoms. The summed E-state index contributed by atoms with van der Waals surface area (Å²) in [7, 11) is 0. The van der Waals surface area contributed by atoms with Gasteiger partial charge in [-0.1, -0.05) is 18.2 Å². The largest absolute Gasteiger partial charge is 0.458 e. The summed E-state index contributed by atoms with van der Waals surface area (Å²) < 4.78 is 8.65. The summed E-state index contributed by atoms with van der Waals surface area (Å²) in [4.78, 5) is 32.9. The summed E-state index contributed by atoms with van der Waals surface area (Å²) in [5, 5.41) is 0. The lowest BCUT2D eigenvalue weighted by Gasteiger charge is -2.02. The Bertz CT molecular complexity index is 351. The molecule has 0 bridgehead atoms. The Balaban J connectivity index is 2.44. The van der Waals surface area contributed by atoms with E-state index in [-0.39, 0.29) is 6.61 Å². The average Bonchev–Trinajstić information content (AvgIpc) is 2.70. The lowest BCUT2D eigenvalue weighted by molar-refractivity contribution is -0.171. The number of allylic oxidation sites excluding steroid dienone is 3. The summed E-state index contributed by atoms with van der Waals surface area (Å²) >= 11 is 0. The van der Waals surface area contributed by atoms with Crippen molar-refractivity contribution in [3.63, 3.8) is 0 Å². The highest BCUT2D eigenvalue weighted by Crippen LogP contribution is 2.11. The van der Waals surface area contributed by atoms with E-state index in [1.54, 1.807) is 19.1 Å². The number of carbonyl (C=O) groups excluding carboxylic acids is 3. The van der Waals surface area contributed by atoms with E-state index in [1.165, 1.54) is 6.08 Å². The first-order valence-corrected chi connectivity index (χ1v) is 4.44. The normalized spacial score (nSPS) is 13.3. The topological polar surface area (TPSA) is 69.7 Å². The molecule has 1 rings (SSSR count). The molecule has 1 aliphatic carbocycles. The smallest absolute Gasteiger partial charge is 0.425 e. The van der Waals surface area contributed by atoms with Crippen molar-refractivity contribution in [1.29, 1.82) is 0 Å². The Labute approximate surface area is 86.4 Å². The summed E-state index contributed by atoms with van der Waals surface area (Å²) in [6.45, 7) is 1.61. The summed E-state index contributed by atoms with van der Waals surface area (Å²) in [6.07, 6.45) is 5.35. The highest BCUT2D eigenvalue weighted by atomic mass is 16.6. The molecule has 5 nitrogen and oxygen atoms in total. The molecule has 0 fully saturated rings. The molecule has 0 spiro atoms. The number of ether oxygens (including phenoxy) is 2. The van der Waals surface area contributed by atoms with Crippen LogP contribution in [-0.2, 0) is 23.9 Å². The van der Waals surface area contributed by atoms with Gasteiger partial charge >= 0.3 is 17.9 Å². The lowest BCUT2D eigenvalue weighted by Crippen LogP contribution is -2.24. The van der Waals surface area contributed by atoms with Crippen LogP contribution in [0.1, 0.15) is 13.3 Å². The molecule has 0 saturated heterocycles. The predicted octanol–water partition coefficient (Wildman–Crippen LogP) is 0.506. The summed E-state index contributed by atoms with van der Waals surface area (Å²) in [5.41, 5.74) is 0.340. The van der Waals surface area contributed by atoms with E-state index in [2.05, 4.69) is 9.47 Å². The lowest BCUT2D eigenvalue weighted by atomic mass is 10.2. The highest BCUT2D eigenvalue weighted by Gasteiger charge is 2.22. The van der Waals surface area contributed by atoms with Gasteiger partial charge in [0.25, 0.3) is 0 Å². The molecule has 0 atom stereocenters.